The molecule has 2 aromatic rings. The lowest BCUT2D eigenvalue weighted by atomic mass is 9.96. The van der Waals surface area contributed by atoms with Crippen molar-refractivity contribution in [3.05, 3.63) is 59.2 Å². The number of amides is 2. The predicted molar refractivity (Wildman–Crippen MR) is 139 cm³/mol. The number of nitrogens with one attached hydrogen (secondary N) is 1. The van der Waals surface area contributed by atoms with Gasteiger partial charge in [-0.2, -0.15) is 5.26 Å². The summed E-state index contributed by atoms with van der Waals surface area (Å²) in [6, 6.07) is 14.8. The van der Waals surface area contributed by atoms with Crippen molar-refractivity contribution in [2.24, 2.45) is 5.92 Å². The van der Waals surface area contributed by atoms with E-state index in [1.165, 1.54) is 0 Å². The Morgan fingerprint density at radius 2 is 1.84 bits per heavy atom. The average molecular weight is 500 g/mol. The van der Waals surface area contributed by atoms with Gasteiger partial charge in [0, 0.05) is 24.4 Å². The number of hydrogen-bond acceptors (Lipinski definition) is 5. The fourth-order valence-electron chi connectivity index (χ4n) is 5.99. The standard InChI is InChI=1S/C30H33N3O4/c1-30(2,3)37-29(36)33-24-11-8-22(16-24)27(33)28(35)32-23(17-31)14-18-4-6-19(7-5-18)20-9-12-25-21(15-20)10-13-26(25)34/h4-7,9,12,15,22-24,27H,8,10-11,13-14,16H2,1-3H3,(H,32,35)/t22-,23-,24+,27-/m0/s1. The minimum Gasteiger partial charge on any atom is -0.444 e. The van der Waals surface area contributed by atoms with E-state index in [0.717, 1.165) is 53.5 Å². The van der Waals surface area contributed by atoms with Crippen LogP contribution in [0, 0.1) is 17.2 Å². The van der Waals surface area contributed by atoms with E-state index in [1.807, 2.05) is 57.2 Å². The zero-order valence-electron chi connectivity index (χ0n) is 21.6. The molecule has 1 saturated heterocycles. The molecule has 4 atom stereocenters. The summed E-state index contributed by atoms with van der Waals surface area (Å²) in [7, 11) is 0. The second kappa shape index (κ2) is 9.66. The third kappa shape index (κ3) is 5.11. The first kappa shape index (κ1) is 25.0. The van der Waals surface area contributed by atoms with Gasteiger partial charge in [-0.1, -0.05) is 42.5 Å². The number of ether oxygens (including phenoxy) is 1. The first-order chi connectivity index (χ1) is 17.6. The maximum Gasteiger partial charge on any atom is 0.411 e. The molecule has 7 nitrogen and oxygen atoms in total. The number of ketones is 1. The number of nitrogens with zero attached hydrogens (tertiary/aromatic N) is 2. The lowest BCUT2D eigenvalue weighted by molar-refractivity contribution is -0.128. The Hall–Kier alpha value is -3.66. The molecule has 1 saturated carbocycles. The Morgan fingerprint density at radius 3 is 2.54 bits per heavy atom. The third-order valence-electron chi connectivity index (χ3n) is 7.68. The van der Waals surface area contributed by atoms with Gasteiger partial charge in [0.25, 0.3) is 0 Å². The Labute approximate surface area is 217 Å². The minimum atomic E-state index is -0.705. The quantitative estimate of drug-likeness (QED) is 0.636. The number of likely N-dealkylation sites (tertiary alicyclic amines) is 1. The number of aryl methyl sites for hydroxylation is 1. The summed E-state index contributed by atoms with van der Waals surface area (Å²) in [5.41, 5.74) is 4.32. The van der Waals surface area contributed by atoms with Crippen LogP contribution in [-0.2, 0) is 22.4 Å². The van der Waals surface area contributed by atoms with Gasteiger partial charge in [-0.05, 0) is 74.6 Å². The smallest absolute Gasteiger partial charge is 0.411 e. The van der Waals surface area contributed by atoms with Gasteiger partial charge >= 0.3 is 6.09 Å². The zero-order chi connectivity index (χ0) is 26.3. The SMILES string of the molecule is CC(C)(C)OC(=O)N1[C@@H]2CC[C@@H](C2)[C@H]1C(=O)N[C@H](C#N)Cc1ccc(-c2ccc3c(c2)CCC3=O)cc1. The van der Waals surface area contributed by atoms with Gasteiger partial charge < -0.3 is 10.1 Å². The van der Waals surface area contributed by atoms with Crippen LogP contribution in [0.2, 0.25) is 0 Å². The van der Waals surface area contributed by atoms with E-state index in [-0.39, 0.29) is 23.7 Å². The van der Waals surface area contributed by atoms with E-state index in [0.29, 0.717) is 12.8 Å². The normalized spacial score (nSPS) is 22.9. The van der Waals surface area contributed by atoms with E-state index in [9.17, 15) is 19.6 Å². The summed E-state index contributed by atoms with van der Waals surface area (Å²) in [5, 5.41) is 12.7. The molecule has 5 rings (SSSR count). The molecule has 0 unspecified atom stereocenters. The molecule has 0 spiro atoms. The molecule has 7 heteroatoms. The van der Waals surface area contributed by atoms with E-state index in [1.54, 1.807) is 4.90 Å². The Kier molecular flexibility index (Phi) is 6.53. The first-order valence-corrected chi connectivity index (χ1v) is 13.1. The topological polar surface area (TPSA) is 99.5 Å². The lowest BCUT2D eigenvalue weighted by Gasteiger charge is -2.35. The number of carbonyl (C=O) groups is 3. The van der Waals surface area contributed by atoms with Crippen LogP contribution < -0.4 is 5.32 Å². The summed E-state index contributed by atoms with van der Waals surface area (Å²) >= 11 is 0. The summed E-state index contributed by atoms with van der Waals surface area (Å²) < 4.78 is 5.58. The molecular formula is C30H33N3O4. The summed E-state index contributed by atoms with van der Waals surface area (Å²) in [6.45, 7) is 5.45. The number of carbonyl (C=O) groups excluding carboxylic acids is 3. The van der Waals surface area contributed by atoms with Crippen LogP contribution in [0.1, 0.15) is 67.9 Å². The number of rotatable bonds is 5. The molecule has 2 fully saturated rings. The van der Waals surface area contributed by atoms with Crippen molar-refractivity contribution in [3.63, 3.8) is 0 Å². The van der Waals surface area contributed by atoms with Crippen LogP contribution in [0.5, 0.6) is 0 Å². The maximum atomic E-state index is 13.3. The van der Waals surface area contributed by atoms with Gasteiger partial charge in [0.05, 0.1) is 6.07 Å². The Morgan fingerprint density at radius 1 is 1.11 bits per heavy atom. The molecule has 2 amide bonds. The van der Waals surface area contributed by atoms with Crippen molar-refractivity contribution in [2.75, 3.05) is 0 Å². The molecule has 2 bridgehead atoms. The predicted octanol–water partition coefficient (Wildman–Crippen LogP) is 4.82. The third-order valence-corrected chi connectivity index (χ3v) is 7.68. The van der Waals surface area contributed by atoms with Crippen LogP contribution in [0.4, 0.5) is 4.79 Å². The van der Waals surface area contributed by atoms with Crippen molar-refractivity contribution in [3.8, 4) is 17.2 Å². The van der Waals surface area contributed by atoms with Gasteiger partial charge in [-0.15, -0.1) is 0 Å². The highest BCUT2D eigenvalue weighted by atomic mass is 16.6. The largest absolute Gasteiger partial charge is 0.444 e. The van der Waals surface area contributed by atoms with Gasteiger partial charge in [-0.3, -0.25) is 14.5 Å². The lowest BCUT2D eigenvalue weighted by Crippen LogP contribution is -2.55. The van der Waals surface area contributed by atoms with Crippen molar-refractivity contribution in [1.29, 1.82) is 5.26 Å². The fourth-order valence-corrected chi connectivity index (χ4v) is 5.99. The maximum absolute atomic E-state index is 13.3. The molecular weight excluding hydrogens is 466 g/mol. The first-order valence-electron chi connectivity index (χ1n) is 13.1. The second-order valence-corrected chi connectivity index (χ2v) is 11.4. The van der Waals surface area contributed by atoms with Gasteiger partial charge in [0.15, 0.2) is 5.78 Å². The van der Waals surface area contributed by atoms with Crippen LogP contribution >= 0.6 is 0 Å². The Bertz CT molecular complexity index is 1270. The number of nitriles is 1. The van der Waals surface area contributed by atoms with Crippen molar-refractivity contribution in [2.45, 2.75) is 83.0 Å². The molecule has 2 aromatic carbocycles. The Balaban J connectivity index is 1.24. The van der Waals surface area contributed by atoms with Crippen LogP contribution in [0.15, 0.2) is 42.5 Å². The molecule has 37 heavy (non-hydrogen) atoms. The van der Waals surface area contributed by atoms with Crippen molar-refractivity contribution < 1.29 is 19.1 Å². The van der Waals surface area contributed by atoms with E-state index in [4.69, 9.17) is 4.74 Å². The minimum absolute atomic E-state index is 0.0148. The number of Topliss-reactive ketones (excluding diaryl/α,β-unsaturated/α-hetero) is 1. The average Bonchev–Trinajstić information content (AvgIpc) is 3.57. The van der Waals surface area contributed by atoms with Crippen LogP contribution in [0.3, 0.4) is 0 Å². The van der Waals surface area contributed by atoms with Crippen molar-refractivity contribution in [1.82, 2.24) is 10.2 Å². The molecule has 1 aliphatic heterocycles. The monoisotopic (exact) mass is 499 g/mol. The highest BCUT2D eigenvalue weighted by Gasteiger charge is 2.52. The summed E-state index contributed by atoms with van der Waals surface area (Å²) in [5.74, 6) is 0.0221. The van der Waals surface area contributed by atoms with Gasteiger partial charge in [-0.25, -0.2) is 4.79 Å². The van der Waals surface area contributed by atoms with Gasteiger partial charge in [0.2, 0.25) is 5.91 Å². The molecule has 1 heterocycles. The summed E-state index contributed by atoms with van der Waals surface area (Å²) in [4.78, 5) is 39.7. The highest BCUT2D eigenvalue weighted by molar-refractivity contribution is 6.01. The van der Waals surface area contributed by atoms with E-state index in [2.05, 4.69) is 17.5 Å². The molecule has 192 valence electrons. The highest BCUT2D eigenvalue weighted by Crippen LogP contribution is 2.43. The molecule has 0 radical (unpaired) electrons. The number of benzene rings is 2. The number of piperidine rings is 1. The van der Waals surface area contributed by atoms with E-state index < -0.39 is 23.8 Å². The summed E-state index contributed by atoms with van der Waals surface area (Å²) in [6.07, 6.45) is 3.86. The molecule has 3 aliphatic rings. The second-order valence-electron chi connectivity index (χ2n) is 11.4. The molecule has 2 aliphatic carbocycles. The van der Waals surface area contributed by atoms with Crippen LogP contribution in [-0.4, -0.2) is 46.4 Å². The van der Waals surface area contributed by atoms with E-state index >= 15 is 0 Å². The van der Waals surface area contributed by atoms with Crippen molar-refractivity contribution >= 4 is 17.8 Å². The van der Waals surface area contributed by atoms with Gasteiger partial charge in [0.1, 0.15) is 17.7 Å². The molecule has 0 aromatic heterocycles. The zero-order valence-corrected chi connectivity index (χ0v) is 21.6. The number of fused-ring (bicyclic) bond motifs is 3. The number of hydrogen-bond donors (Lipinski definition) is 1. The van der Waals surface area contributed by atoms with Crippen LogP contribution in [0.25, 0.3) is 11.1 Å². The fraction of sp³-hybridized carbons (Fsp3) is 0.467. The molecule has 1 N–H and O–H groups in total.